The lowest BCUT2D eigenvalue weighted by Crippen LogP contribution is -2.61. The van der Waals surface area contributed by atoms with E-state index in [9.17, 15) is 13.5 Å². The summed E-state index contributed by atoms with van der Waals surface area (Å²) in [5.74, 6) is 1.15. The minimum absolute atomic E-state index is 0.114. The Morgan fingerprint density at radius 2 is 1.80 bits per heavy atom. The number of aliphatic hydroxyl groups excluding tert-OH is 1. The predicted molar refractivity (Wildman–Crippen MR) is 56.0 cm³/mol. The summed E-state index contributed by atoms with van der Waals surface area (Å²) >= 11 is 0. The molecule has 0 aromatic carbocycles. The summed E-state index contributed by atoms with van der Waals surface area (Å²) in [7, 11) is -2.75. The van der Waals surface area contributed by atoms with Crippen molar-refractivity contribution in [3.8, 4) is 0 Å². The molecule has 1 spiro atoms. The van der Waals surface area contributed by atoms with Gasteiger partial charge in [0.15, 0.2) is 9.84 Å². The molecule has 0 aromatic rings. The summed E-state index contributed by atoms with van der Waals surface area (Å²) in [6.45, 7) is 2.59. The quantitative estimate of drug-likeness (QED) is 0.567. The van der Waals surface area contributed by atoms with Crippen LogP contribution in [0.1, 0.15) is 12.8 Å². The first-order chi connectivity index (χ1) is 7.01. The molecule has 3 aliphatic rings. The van der Waals surface area contributed by atoms with E-state index in [2.05, 4.69) is 0 Å². The van der Waals surface area contributed by atoms with E-state index >= 15 is 0 Å². The maximum atomic E-state index is 11.4. The summed E-state index contributed by atoms with van der Waals surface area (Å²) in [5.41, 5.74) is 0. The Hall–Kier alpha value is -0.130. The van der Waals surface area contributed by atoms with Gasteiger partial charge in [0.05, 0.1) is 43.3 Å². The highest BCUT2D eigenvalue weighted by molar-refractivity contribution is 7.91. The number of rotatable bonds is 0. The molecule has 2 heterocycles. The molecular formula is C10H18NO3S+. The molecule has 1 N–H and O–H groups in total. The fraction of sp³-hybridized carbons (Fsp3) is 1.00. The second-order valence-corrected chi connectivity index (χ2v) is 7.76. The molecule has 3 rings (SSSR count). The summed E-state index contributed by atoms with van der Waals surface area (Å²) in [6, 6.07) is 0.542. The van der Waals surface area contributed by atoms with Crippen LogP contribution in [0.4, 0.5) is 0 Å². The molecule has 5 heteroatoms. The van der Waals surface area contributed by atoms with Crippen molar-refractivity contribution >= 4 is 9.84 Å². The van der Waals surface area contributed by atoms with E-state index in [1.54, 1.807) is 0 Å². The van der Waals surface area contributed by atoms with Crippen LogP contribution in [0.2, 0.25) is 0 Å². The molecule has 1 aliphatic carbocycles. The summed E-state index contributed by atoms with van der Waals surface area (Å²) in [5, 5.41) is 9.71. The van der Waals surface area contributed by atoms with E-state index in [0.717, 1.165) is 37.0 Å². The Morgan fingerprint density at radius 1 is 1.13 bits per heavy atom. The number of nitrogens with zero attached hydrogens (tertiary/aromatic N) is 1. The lowest BCUT2D eigenvalue weighted by molar-refractivity contribution is -0.941. The number of aliphatic hydroxyl groups is 1. The fourth-order valence-corrected chi connectivity index (χ4v) is 5.22. The van der Waals surface area contributed by atoms with Gasteiger partial charge in [-0.1, -0.05) is 0 Å². The molecule has 86 valence electrons. The monoisotopic (exact) mass is 232 g/mol. The van der Waals surface area contributed by atoms with Gasteiger partial charge in [-0.2, -0.15) is 0 Å². The molecule has 3 atom stereocenters. The van der Waals surface area contributed by atoms with E-state index in [4.69, 9.17) is 0 Å². The van der Waals surface area contributed by atoms with Crippen LogP contribution >= 0.6 is 0 Å². The van der Waals surface area contributed by atoms with E-state index in [-0.39, 0.29) is 6.10 Å². The van der Waals surface area contributed by atoms with Gasteiger partial charge in [-0.3, -0.25) is 0 Å². The normalized spacial score (nSPS) is 46.1. The van der Waals surface area contributed by atoms with Crippen LogP contribution in [0.3, 0.4) is 0 Å². The van der Waals surface area contributed by atoms with E-state index in [0.29, 0.717) is 23.5 Å². The van der Waals surface area contributed by atoms with Gasteiger partial charge in [0.2, 0.25) is 0 Å². The van der Waals surface area contributed by atoms with E-state index < -0.39 is 9.84 Å². The Bertz CT molecular complexity index is 362. The molecule has 2 saturated heterocycles. The van der Waals surface area contributed by atoms with E-state index in [1.165, 1.54) is 0 Å². The number of fused-ring (bicyclic) bond motifs is 3. The summed E-state index contributed by atoms with van der Waals surface area (Å²) in [6.07, 6.45) is 1.89. The maximum Gasteiger partial charge on any atom is 0.161 e. The van der Waals surface area contributed by atoms with Crippen LogP contribution < -0.4 is 0 Å². The highest BCUT2D eigenvalue weighted by Crippen LogP contribution is 2.44. The SMILES string of the molecule is O=S1(=O)CC[N+]2(CC1)CC1CC2CC1O. The van der Waals surface area contributed by atoms with Crippen LogP contribution in [0, 0.1) is 5.92 Å². The highest BCUT2D eigenvalue weighted by Gasteiger charge is 2.56. The number of sulfone groups is 1. The average molecular weight is 232 g/mol. The van der Waals surface area contributed by atoms with Crippen molar-refractivity contribution in [2.24, 2.45) is 5.92 Å². The zero-order valence-electron chi connectivity index (χ0n) is 8.80. The van der Waals surface area contributed by atoms with Gasteiger partial charge in [-0.05, 0) is 0 Å². The van der Waals surface area contributed by atoms with Gasteiger partial charge in [-0.25, -0.2) is 8.42 Å². The van der Waals surface area contributed by atoms with E-state index in [1.807, 2.05) is 0 Å². The highest BCUT2D eigenvalue weighted by atomic mass is 32.2. The number of hydrogen-bond donors (Lipinski definition) is 1. The number of quaternary nitrogens is 1. The number of hydrogen-bond acceptors (Lipinski definition) is 3. The molecule has 4 nitrogen and oxygen atoms in total. The first-order valence-corrected chi connectivity index (χ1v) is 7.57. The topological polar surface area (TPSA) is 54.4 Å². The van der Waals surface area contributed by atoms with Gasteiger partial charge < -0.3 is 9.59 Å². The van der Waals surface area contributed by atoms with Crippen LogP contribution in [-0.4, -0.2) is 61.3 Å². The zero-order valence-corrected chi connectivity index (χ0v) is 9.62. The average Bonchev–Trinajstić information content (AvgIpc) is 2.68. The van der Waals surface area contributed by atoms with Crippen LogP contribution in [0.25, 0.3) is 0 Å². The third-order valence-corrected chi connectivity index (χ3v) is 6.31. The number of piperidine rings is 1. The second-order valence-electron chi connectivity index (χ2n) is 5.45. The lowest BCUT2D eigenvalue weighted by atomic mass is 10.0. The van der Waals surface area contributed by atoms with Crippen molar-refractivity contribution in [2.75, 3.05) is 31.1 Å². The van der Waals surface area contributed by atoms with Crippen molar-refractivity contribution in [1.29, 1.82) is 0 Å². The van der Waals surface area contributed by atoms with Crippen LogP contribution in [0.5, 0.6) is 0 Å². The molecular weight excluding hydrogens is 214 g/mol. The second kappa shape index (κ2) is 2.96. The van der Waals surface area contributed by atoms with Crippen LogP contribution in [-0.2, 0) is 9.84 Å². The Morgan fingerprint density at radius 3 is 2.27 bits per heavy atom. The summed E-state index contributed by atoms with van der Waals surface area (Å²) < 4.78 is 23.8. The molecule has 0 aromatic heterocycles. The standard InChI is InChI=1S/C10H18NO3S/c12-10-6-9-5-8(10)7-11(9)1-3-15(13,14)4-2-11/h8-10,12H,1-7H2/q+1. The molecule has 2 aliphatic heterocycles. The Labute approximate surface area is 90.4 Å². The van der Waals surface area contributed by atoms with Crippen molar-refractivity contribution in [2.45, 2.75) is 25.0 Å². The van der Waals surface area contributed by atoms with Crippen molar-refractivity contribution < 1.29 is 18.0 Å². The molecule has 3 fully saturated rings. The van der Waals surface area contributed by atoms with Crippen molar-refractivity contribution in [3.05, 3.63) is 0 Å². The Kier molecular flexibility index (Phi) is 1.98. The van der Waals surface area contributed by atoms with Gasteiger partial charge in [-0.15, -0.1) is 0 Å². The Balaban J connectivity index is 1.79. The van der Waals surface area contributed by atoms with Gasteiger partial charge >= 0.3 is 0 Å². The lowest BCUT2D eigenvalue weighted by Gasteiger charge is -2.45. The first kappa shape index (κ1) is 10.1. The molecule has 2 bridgehead atoms. The van der Waals surface area contributed by atoms with Gasteiger partial charge in [0, 0.05) is 18.8 Å². The van der Waals surface area contributed by atoms with Gasteiger partial charge in [0.1, 0.15) is 0 Å². The molecule has 0 radical (unpaired) electrons. The van der Waals surface area contributed by atoms with Crippen molar-refractivity contribution in [1.82, 2.24) is 0 Å². The maximum absolute atomic E-state index is 11.4. The first-order valence-electron chi connectivity index (χ1n) is 5.75. The molecule has 3 unspecified atom stereocenters. The fourth-order valence-electron chi connectivity index (χ4n) is 3.74. The predicted octanol–water partition coefficient (Wildman–Crippen LogP) is -0.615. The van der Waals surface area contributed by atoms with Gasteiger partial charge in [0.25, 0.3) is 0 Å². The molecule has 0 amide bonds. The minimum Gasteiger partial charge on any atom is -0.392 e. The van der Waals surface area contributed by atoms with Crippen molar-refractivity contribution in [3.63, 3.8) is 0 Å². The minimum atomic E-state index is -2.75. The smallest absolute Gasteiger partial charge is 0.161 e. The molecule has 15 heavy (non-hydrogen) atoms. The third kappa shape index (κ3) is 1.44. The largest absolute Gasteiger partial charge is 0.392 e. The molecule has 1 saturated carbocycles. The zero-order chi connectivity index (χ0) is 10.7. The third-order valence-electron chi connectivity index (χ3n) is 4.70. The summed E-state index contributed by atoms with van der Waals surface area (Å²) in [4.78, 5) is 0. The van der Waals surface area contributed by atoms with Crippen LogP contribution in [0.15, 0.2) is 0 Å².